The second-order valence-electron chi connectivity index (χ2n) is 5.04. The van der Waals surface area contributed by atoms with Crippen molar-refractivity contribution in [3.8, 4) is 0 Å². The van der Waals surface area contributed by atoms with E-state index in [0.29, 0.717) is 6.54 Å². The minimum Gasteiger partial charge on any atom is -0.391 e. The molecule has 0 saturated carbocycles. The van der Waals surface area contributed by atoms with Crippen LogP contribution in [0.4, 0.5) is 0 Å². The third-order valence-electron chi connectivity index (χ3n) is 3.86. The van der Waals surface area contributed by atoms with Crippen molar-refractivity contribution in [3.63, 3.8) is 0 Å². The van der Waals surface area contributed by atoms with Gasteiger partial charge in [0, 0.05) is 13.1 Å². The maximum Gasteiger partial charge on any atom is 0.230 e. The van der Waals surface area contributed by atoms with Crippen LogP contribution in [0.2, 0.25) is 0 Å². The number of benzene rings is 1. The molecule has 1 aliphatic carbocycles. The molecule has 0 bridgehead atoms. The average Bonchev–Trinajstić information content (AvgIpc) is 2.30. The summed E-state index contributed by atoms with van der Waals surface area (Å²) in [6, 6.07) is 8.14. The van der Waals surface area contributed by atoms with Gasteiger partial charge in [0.25, 0.3) is 0 Å². The number of aliphatic hydroxyl groups is 1. The van der Waals surface area contributed by atoms with Crippen molar-refractivity contribution in [2.45, 2.75) is 31.3 Å². The van der Waals surface area contributed by atoms with Gasteiger partial charge in [-0.2, -0.15) is 0 Å². The van der Waals surface area contributed by atoms with Crippen molar-refractivity contribution in [1.29, 1.82) is 0 Å². The van der Waals surface area contributed by atoms with Crippen molar-refractivity contribution in [1.82, 2.24) is 4.90 Å². The molecule has 1 heterocycles. The average molecular weight is 231 g/mol. The molecule has 2 unspecified atom stereocenters. The van der Waals surface area contributed by atoms with E-state index < -0.39 is 0 Å². The molecule has 3 rings (SSSR count). The lowest BCUT2D eigenvalue weighted by atomic mass is 9.76. The van der Waals surface area contributed by atoms with E-state index in [0.717, 1.165) is 25.8 Å². The van der Waals surface area contributed by atoms with Gasteiger partial charge >= 0.3 is 0 Å². The molecule has 1 N–H and O–H groups in total. The number of nitrogens with zero attached hydrogens (tertiary/aromatic N) is 1. The van der Waals surface area contributed by atoms with E-state index in [1.807, 2.05) is 23.1 Å². The predicted octanol–water partition coefficient (Wildman–Crippen LogP) is 1.31. The van der Waals surface area contributed by atoms with Gasteiger partial charge in [0.05, 0.1) is 12.0 Å². The Balaban J connectivity index is 1.72. The van der Waals surface area contributed by atoms with Gasteiger partial charge in [-0.3, -0.25) is 4.79 Å². The number of hydrogen-bond donors (Lipinski definition) is 1. The van der Waals surface area contributed by atoms with Crippen LogP contribution >= 0.6 is 0 Å². The van der Waals surface area contributed by atoms with E-state index in [1.165, 1.54) is 11.1 Å². The molecule has 90 valence electrons. The molecule has 1 aromatic carbocycles. The highest BCUT2D eigenvalue weighted by atomic mass is 16.3. The molecule has 0 spiro atoms. The molecule has 3 nitrogen and oxygen atoms in total. The number of likely N-dealkylation sites (tertiary alicyclic amines) is 1. The van der Waals surface area contributed by atoms with Gasteiger partial charge in [0.15, 0.2) is 0 Å². The zero-order valence-corrected chi connectivity index (χ0v) is 9.80. The van der Waals surface area contributed by atoms with Gasteiger partial charge in [-0.15, -0.1) is 0 Å². The van der Waals surface area contributed by atoms with Crippen LogP contribution in [-0.2, 0) is 11.2 Å². The predicted molar refractivity (Wildman–Crippen MR) is 64.7 cm³/mol. The molecule has 2 atom stereocenters. The summed E-state index contributed by atoms with van der Waals surface area (Å²) in [7, 11) is 0. The first kappa shape index (κ1) is 10.8. The Morgan fingerprint density at radius 2 is 2.18 bits per heavy atom. The Morgan fingerprint density at radius 3 is 2.94 bits per heavy atom. The molecular weight excluding hydrogens is 214 g/mol. The zero-order chi connectivity index (χ0) is 11.8. The first-order valence-corrected chi connectivity index (χ1v) is 6.30. The summed E-state index contributed by atoms with van der Waals surface area (Å²) < 4.78 is 0. The lowest BCUT2D eigenvalue weighted by molar-refractivity contribution is -0.136. The first-order chi connectivity index (χ1) is 8.25. The fraction of sp³-hybridized carbons (Fsp3) is 0.500. The van der Waals surface area contributed by atoms with Crippen molar-refractivity contribution >= 4 is 5.91 Å². The Hall–Kier alpha value is -1.35. The molecule has 1 amide bonds. The number of rotatable bonds is 1. The number of hydrogen-bond acceptors (Lipinski definition) is 2. The van der Waals surface area contributed by atoms with Gasteiger partial charge in [-0.25, -0.2) is 0 Å². The molecule has 2 aliphatic rings. The molecular formula is C14H17NO2. The summed E-state index contributed by atoms with van der Waals surface area (Å²) in [5.41, 5.74) is 2.47. The van der Waals surface area contributed by atoms with E-state index >= 15 is 0 Å². The van der Waals surface area contributed by atoms with Gasteiger partial charge in [0.1, 0.15) is 0 Å². The number of β-amino-alcohol motifs (C(OH)–C–C–N with tert-alkyl or cyclic N) is 1. The monoisotopic (exact) mass is 231 g/mol. The maximum atomic E-state index is 12.3. The second-order valence-corrected chi connectivity index (χ2v) is 5.04. The van der Waals surface area contributed by atoms with E-state index in [1.54, 1.807) is 0 Å². The fourth-order valence-electron chi connectivity index (χ4n) is 2.85. The van der Waals surface area contributed by atoms with Crippen LogP contribution in [0.15, 0.2) is 24.3 Å². The van der Waals surface area contributed by atoms with Crippen molar-refractivity contribution in [3.05, 3.63) is 35.4 Å². The molecule has 0 aromatic heterocycles. The lowest BCUT2D eigenvalue weighted by Gasteiger charge is -2.37. The minimum atomic E-state index is -0.331. The van der Waals surface area contributed by atoms with Crippen molar-refractivity contribution in [2.24, 2.45) is 0 Å². The molecule has 17 heavy (non-hydrogen) atoms. The zero-order valence-electron chi connectivity index (χ0n) is 9.80. The summed E-state index contributed by atoms with van der Waals surface area (Å²) >= 11 is 0. The number of piperidine rings is 1. The number of amides is 1. The molecule has 1 fully saturated rings. The number of aliphatic hydroxyl groups excluding tert-OH is 1. The standard InChI is InChI=1S/C14H17NO2/c16-11-5-3-7-15(9-11)14(17)13-8-10-4-1-2-6-12(10)13/h1-2,4,6,11,13,16H,3,5,7-9H2. The molecule has 1 saturated heterocycles. The highest BCUT2D eigenvalue weighted by Gasteiger charge is 2.35. The summed E-state index contributed by atoms with van der Waals surface area (Å²) in [4.78, 5) is 14.1. The van der Waals surface area contributed by atoms with E-state index in [9.17, 15) is 9.90 Å². The largest absolute Gasteiger partial charge is 0.391 e. The summed E-state index contributed by atoms with van der Waals surface area (Å²) in [5, 5.41) is 9.60. The van der Waals surface area contributed by atoms with E-state index in [2.05, 4.69) is 6.07 Å². The third-order valence-corrected chi connectivity index (χ3v) is 3.86. The van der Waals surface area contributed by atoms with Gasteiger partial charge in [-0.1, -0.05) is 24.3 Å². The van der Waals surface area contributed by atoms with Crippen LogP contribution in [0.1, 0.15) is 29.9 Å². The summed E-state index contributed by atoms with van der Waals surface area (Å²) in [6.07, 6.45) is 2.27. The Labute approximate surface area is 101 Å². The van der Waals surface area contributed by atoms with Crippen LogP contribution in [-0.4, -0.2) is 35.1 Å². The normalized spacial score (nSPS) is 27.2. The minimum absolute atomic E-state index is 0.0384. The quantitative estimate of drug-likeness (QED) is 0.791. The highest BCUT2D eigenvalue weighted by Crippen LogP contribution is 2.36. The van der Waals surface area contributed by atoms with Gasteiger partial charge in [-0.05, 0) is 30.4 Å². The van der Waals surface area contributed by atoms with Crippen LogP contribution in [0.25, 0.3) is 0 Å². The second kappa shape index (κ2) is 4.15. The fourth-order valence-corrected chi connectivity index (χ4v) is 2.85. The molecule has 3 heteroatoms. The van der Waals surface area contributed by atoms with Crippen molar-refractivity contribution in [2.75, 3.05) is 13.1 Å². The van der Waals surface area contributed by atoms with Crippen LogP contribution < -0.4 is 0 Å². The maximum absolute atomic E-state index is 12.3. The van der Waals surface area contributed by atoms with Crippen LogP contribution in [0.5, 0.6) is 0 Å². The SMILES string of the molecule is O=C(C1Cc2ccccc21)N1CCCC(O)C1. The van der Waals surface area contributed by atoms with Crippen molar-refractivity contribution < 1.29 is 9.90 Å². The number of carbonyl (C=O) groups excluding carboxylic acids is 1. The highest BCUT2D eigenvalue weighted by molar-refractivity contribution is 5.87. The smallest absolute Gasteiger partial charge is 0.230 e. The molecule has 1 aromatic rings. The van der Waals surface area contributed by atoms with Gasteiger partial charge < -0.3 is 10.0 Å². The number of fused-ring (bicyclic) bond motifs is 1. The Kier molecular flexibility index (Phi) is 2.63. The Bertz CT molecular complexity index is 444. The summed E-state index contributed by atoms with van der Waals surface area (Å²) in [6.45, 7) is 1.31. The van der Waals surface area contributed by atoms with E-state index in [4.69, 9.17) is 0 Å². The third kappa shape index (κ3) is 1.84. The number of carbonyl (C=O) groups is 1. The van der Waals surface area contributed by atoms with Crippen LogP contribution in [0.3, 0.4) is 0 Å². The topological polar surface area (TPSA) is 40.5 Å². The lowest BCUT2D eigenvalue weighted by Crippen LogP contribution is -2.46. The van der Waals surface area contributed by atoms with Gasteiger partial charge in [0.2, 0.25) is 5.91 Å². The molecule has 0 radical (unpaired) electrons. The summed E-state index contributed by atoms with van der Waals surface area (Å²) in [5.74, 6) is 0.235. The Morgan fingerprint density at radius 1 is 1.35 bits per heavy atom. The first-order valence-electron chi connectivity index (χ1n) is 6.30. The van der Waals surface area contributed by atoms with E-state index in [-0.39, 0.29) is 17.9 Å². The van der Waals surface area contributed by atoms with Crippen LogP contribution in [0, 0.1) is 0 Å². The molecule has 1 aliphatic heterocycles.